The highest BCUT2D eigenvalue weighted by Gasteiger charge is 2.25. The van der Waals surface area contributed by atoms with Crippen molar-refractivity contribution in [2.24, 2.45) is 0 Å². The van der Waals surface area contributed by atoms with Gasteiger partial charge in [-0.25, -0.2) is 0 Å². The number of nitrogens with zero attached hydrogens (tertiary/aromatic N) is 2. The minimum atomic E-state index is -0.365. The number of furan rings is 1. The third kappa shape index (κ3) is 4.45. The van der Waals surface area contributed by atoms with Crippen LogP contribution in [0.4, 0.5) is 5.69 Å². The van der Waals surface area contributed by atoms with Crippen molar-refractivity contribution in [3.8, 4) is 11.3 Å². The Morgan fingerprint density at radius 1 is 1.12 bits per heavy atom. The Morgan fingerprint density at radius 3 is 2.88 bits per heavy atom. The number of likely N-dealkylation sites (N-methyl/N-ethyl adjacent to an activating group) is 1. The number of fused-ring (bicyclic) bond motifs is 1. The van der Waals surface area contributed by atoms with Gasteiger partial charge in [0, 0.05) is 47.0 Å². The van der Waals surface area contributed by atoms with E-state index in [1.54, 1.807) is 30.3 Å². The Labute approximate surface area is 198 Å². The molecular formula is C26H24ClN3O3. The zero-order chi connectivity index (χ0) is 23.8. The van der Waals surface area contributed by atoms with E-state index in [1.165, 1.54) is 0 Å². The van der Waals surface area contributed by atoms with Crippen molar-refractivity contribution in [3.63, 3.8) is 0 Å². The average molecular weight is 463 g/mol. The predicted molar refractivity (Wildman–Crippen MR) is 130 cm³/mol. The fourth-order valence-electron chi connectivity index (χ4n) is 4.18. The number of hydrogen-bond acceptors (Lipinski definition) is 4. The summed E-state index contributed by atoms with van der Waals surface area (Å²) in [6, 6.07) is 15.8. The molecule has 33 heavy (non-hydrogen) atoms. The first-order chi connectivity index (χ1) is 16.4. The van der Waals surface area contributed by atoms with Gasteiger partial charge in [-0.05, 0) is 68.5 Å². The van der Waals surface area contributed by atoms with Crippen LogP contribution < -0.4 is 5.32 Å². The minimum absolute atomic E-state index is 0.00309. The lowest BCUT2D eigenvalue weighted by atomic mass is 10.1. The number of benzene rings is 2. The third-order valence-electron chi connectivity index (χ3n) is 5.98. The number of hydrogen-bond donors (Lipinski definition) is 1. The largest absolute Gasteiger partial charge is 0.457 e. The molecule has 1 N–H and O–H groups in total. The SMILES string of the molecule is [2H]C(=C1C(=O)Nc2ccc(Cl)cc21)c1ccc(-c2cccc(C(=O)N3CCCN(C)CC3)c2)o1. The molecule has 0 atom stereocenters. The van der Waals surface area contributed by atoms with E-state index in [1.807, 2.05) is 29.2 Å². The molecule has 0 spiro atoms. The number of anilines is 1. The molecular weight excluding hydrogens is 438 g/mol. The van der Waals surface area contributed by atoms with Crippen LogP contribution in [0.15, 0.2) is 59.0 Å². The maximum Gasteiger partial charge on any atom is 0.256 e. The molecule has 1 saturated heterocycles. The van der Waals surface area contributed by atoms with Crippen LogP contribution in [-0.2, 0) is 4.79 Å². The predicted octanol–water partition coefficient (Wildman–Crippen LogP) is 4.87. The number of carbonyl (C=O) groups excluding carboxylic acids is 2. The lowest BCUT2D eigenvalue weighted by molar-refractivity contribution is -0.110. The molecule has 3 aromatic rings. The summed E-state index contributed by atoms with van der Waals surface area (Å²) >= 11 is 6.10. The third-order valence-corrected chi connectivity index (χ3v) is 6.22. The van der Waals surface area contributed by atoms with Gasteiger partial charge in [0.05, 0.1) is 6.94 Å². The summed E-state index contributed by atoms with van der Waals surface area (Å²) < 4.78 is 14.6. The molecule has 2 aromatic carbocycles. The van der Waals surface area contributed by atoms with Gasteiger partial charge in [0.1, 0.15) is 11.5 Å². The maximum atomic E-state index is 13.1. The zero-order valence-electron chi connectivity index (χ0n) is 19.2. The molecule has 0 bridgehead atoms. The van der Waals surface area contributed by atoms with Gasteiger partial charge in [0.2, 0.25) is 0 Å². The molecule has 0 unspecified atom stereocenters. The molecule has 6 nitrogen and oxygen atoms in total. The van der Waals surface area contributed by atoms with Crippen LogP contribution in [-0.4, -0.2) is 54.8 Å². The molecule has 3 heterocycles. The summed E-state index contributed by atoms with van der Waals surface area (Å²) in [6.45, 7) is 3.28. The van der Waals surface area contributed by atoms with E-state index in [0.29, 0.717) is 34.1 Å². The number of halogens is 1. The molecule has 0 aliphatic carbocycles. The first-order valence-electron chi connectivity index (χ1n) is 11.4. The van der Waals surface area contributed by atoms with Crippen molar-refractivity contribution in [3.05, 3.63) is 76.5 Å². The van der Waals surface area contributed by atoms with Crippen molar-refractivity contribution in [1.82, 2.24) is 9.80 Å². The molecule has 0 saturated carbocycles. The Morgan fingerprint density at radius 2 is 2.00 bits per heavy atom. The summed E-state index contributed by atoms with van der Waals surface area (Å²) in [6.07, 6.45) is 0.951. The fraction of sp³-hybridized carbons (Fsp3) is 0.231. The van der Waals surface area contributed by atoms with Gasteiger partial charge in [-0.15, -0.1) is 0 Å². The fourth-order valence-corrected chi connectivity index (χ4v) is 4.36. The minimum Gasteiger partial charge on any atom is -0.457 e. The summed E-state index contributed by atoms with van der Waals surface area (Å²) in [5, 5.41) is 3.24. The van der Waals surface area contributed by atoms with Crippen molar-refractivity contribution < 1.29 is 15.4 Å². The zero-order valence-corrected chi connectivity index (χ0v) is 19.0. The Balaban J connectivity index is 1.43. The van der Waals surface area contributed by atoms with E-state index < -0.39 is 0 Å². The highest BCUT2D eigenvalue weighted by Crippen LogP contribution is 2.35. The van der Waals surface area contributed by atoms with Crippen LogP contribution in [0.25, 0.3) is 22.9 Å². The number of nitrogens with one attached hydrogen (secondary N) is 1. The van der Waals surface area contributed by atoms with Gasteiger partial charge >= 0.3 is 0 Å². The van der Waals surface area contributed by atoms with Crippen molar-refractivity contribution in [2.45, 2.75) is 6.42 Å². The average Bonchev–Trinajstić information content (AvgIpc) is 3.38. The summed E-state index contributed by atoms with van der Waals surface area (Å²) in [5.41, 5.74) is 2.75. The normalized spacial score (nSPS) is 18.4. The summed E-state index contributed by atoms with van der Waals surface area (Å²) in [4.78, 5) is 29.8. The molecule has 2 aliphatic rings. The van der Waals surface area contributed by atoms with E-state index in [4.69, 9.17) is 17.4 Å². The first-order valence-corrected chi connectivity index (χ1v) is 11.3. The molecule has 1 aromatic heterocycles. The summed E-state index contributed by atoms with van der Waals surface area (Å²) in [5.74, 6) is 0.426. The van der Waals surface area contributed by atoms with E-state index in [-0.39, 0.29) is 29.2 Å². The molecule has 7 heteroatoms. The second kappa shape index (κ2) is 8.89. The number of rotatable bonds is 3. The van der Waals surface area contributed by atoms with Gasteiger partial charge in [0.25, 0.3) is 11.8 Å². The van der Waals surface area contributed by atoms with Crippen molar-refractivity contribution >= 4 is 40.7 Å². The molecule has 168 valence electrons. The van der Waals surface area contributed by atoms with Crippen LogP contribution in [0.2, 0.25) is 5.02 Å². The highest BCUT2D eigenvalue weighted by atomic mass is 35.5. The maximum absolute atomic E-state index is 13.1. The first kappa shape index (κ1) is 20.3. The van der Waals surface area contributed by atoms with E-state index >= 15 is 0 Å². The topological polar surface area (TPSA) is 65.8 Å². The molecule has 0 radical (unpaired) electrons. The van der Waals surface area contributed by atoms with Gasteiger partial charge in [0.15, 0.2) is 0 Å². The Kier molecular flexibility index (Phi) is 5.46. The Bertz CT molecular complexity index is 1320. The molecule has 2 aliphatic heterocycles. The number of carbonyl (C=O) groups is 2. The van der Waals surface area contributed by atoms with E-state index in [9.17, 15) is 9.59 Å². The standard InChI is InChI=1S/C26H24ClN3O3/c1-29-10-3-11-30(13-12-29)26(32)18-5-2-4-17(14-18)24-9-7-20(33-24)16-22-21-15-19(27)6-8-23(21)28-25(22)31/h2,4-9,14-16H,3,10-13H2,1H3,(H,28,31)/i16D. The van der Waals surface area contributed by atoms with Crippen LogP contribution in [0.5, 0.6) is 0 Å². The van der Waals surface area contributed by atoms with Crippen molar-refractivity contribution in [2.75, 3.05) is 38.5 Å². The lowest BCUT2D eigenvalue weighted by Gasteiger charge is -2.20. The molecule has 2 amide bonds. The van der Waals surface area contributed by atoms with Gasteiger partial charge < -0.3 is 19.5 Å². The van der Waals surface area contributed by atoms with Crippen LogP contribution in [0.3, 0.4) is 0 Å². The van der Waals surface area contributed by atoms with Gasteiger partial charge in [-0.1, -0.05) is 23.7 Å². The Hall–Kier alpha value is -3.35. The van der Waals surface area contributed by atoms with E-state index in [2.05, 4.69) is 17.3 Å². The van der Waals surface area contributed by atoms with Crippen LogP contribution >= 0.6 is 11.6 Å². The van der Waals surface area contributed by atoms with Crippen LogP contribution in [0, 0.1) is 0 Å². The van der Waals surface area contributed by atoms with Gasteiger partial charge in [-0.2, -0.15) is 0 Å². The molecule has 5 rings (SSSR count). The van der Waals surface area contributed by atoms with Crippen LogP contribution in [0.1, 0.15) is 29.5 Å². The molecule has 1 fully saturated rings. The highest BCUT2D eigenvalue weighted by molar-refractivity contribution is 6.36. The smallest absolute Gasteiger partial charge is 0.256 e. The monoisotopic (exact) mass is 462 g/mol. The quantitative estimate of drug-likeness (QED) is 0.564. The van der Waals surface area contributed by atoms with Crippen molar-refractivity contribution in [1.29, 1.82) is 0 Å². The lowest BCUT2D eigenvalue weighted by Crippen LogP contribution is -2.34. The van der Waals surface area contributed by atoms with Gasteiger partial charge in [-0.3, -0.25) is 9.59 Å². The number of amides is 2. The second-order valence-corrected chi connectivity index (χ2v) is 8.77. The second-order valence-electron chi connectivity index (χ2n) is 8.34. The summed E-state index contributed by atoms with van der Waals surface area (Å²) in [7, 11) is 2.07. The van der Waals surface area contributed by atoms with E-state index in [0.717, 1.165) is 31.6 Å².